The minimum atomic E-state index is -0.221. The summed E-state index contributed by atoms with van der Waals surface area (Å²) in [7, 11) is 3.25. The van der Waals surface area contributed by atoms with E-state index in [-0.39, 0.29) is 12.3 Å². The van der Waals surface area contributed by atoms with Crippen molar-refractivity contribution in [2.24, 2.45) is 0 Å². The second-order valence-corrected chi connectivity index (χ2v) is 4.02. The first-order chi connectivity index (χ1) is 7.67. The Bertz CT molecular complexity index is 316. The zero-order chi connectivity index (χ0) is 12.0. The zero-order valence-electron chi connectivity index (χ0n) is 9.87. The summed E-state index contributed by atoms with van der Waals surface area (Å²) in [6.07, 6.45) is -0.221. The van der Waals surface area contributed by atoms with Crippen molar-refractivity contribution in [3.63, 3.8) is 0 Å². The molecule has 4 heteroatoms. The smallest absolute Gasteiger partial charge is 0.169 e. The van der Waals surface area contributed by atoms with Crippen LogP contribution in [-0.2, 0) is 9.47 Å². The Labute approximate surface area is 102 Å². The van der Waals surface area contributed by atoms with Gasteiger partial charge in [-0.05, 0) is 24.6 Å². The third kappa shape index (κ3) is 4.10. The van der Waals surface area contributed by atoms with E-state index in [1.165, 1.54) is 0 Å². The summed E-state index contributed by atoms with van der Waals surface area (Å²) in [6, 6.07) is 8.02. The van der Waals surface area contributed by atoms with Gasteiger partial charge in [-0.3, -0.25) is 0 Å². The molecular weight excluding hydrogens is 226 g/mol. The number of nitrogens with one attached hydrogen (secondary N) is 1. The van der Waals surface area contributed by atoms with Gasteiger partial charge in [0.25, 0.3) is 0 Å². The Hall–Kier alpha value is -0.610. The molecule has 1 atom stereocenters. The van der Waals surface area contributed by atoms with Gasteiger partial charge in [0.15, 0.2) is 6.29 Å². The average molecular weight is 244 g/mol. The molecule has 0 aliphatic heterocycles. The van der Waals surface area contributed by atoms with Gasteiger partial charge in [0.2, 0.25) is 0 Å². The Kier molecular flexibility index (Phi) is 5.77. The molecule has 0 fully saturated rings. The van der Waals surface area contributed by atoms with Crippen molar-refractivity contribution < 1.29 is 9.47 Å². The molecule has 0 spiro atoms. The highest BCUT2D eigenvalue weighted by Gasteiger charge is 2.09. The van der Waals surface area contributed by atoms with Crippen LogP contribution in [0.1, 0.15) is 18.5 Å². The van der Waals surface area contributed by atoms with Gasteiger partial charge in [-0.15, -0.1) is 0 Å². The SMILES string of the molecule is COC(CN[C@@H](C)c1cccc(Cl)c1)OC. The van der Waals surface area contributed by atoms with E-state index in [4.69, 9.17) is 21.1 Å². The second kappa shape index (κ2) is 6.86. The number of benzene rings is 1. The summed E-state index contributed by atoms with van der Waals surface area (Å²) in [4.78, 5) is 0. The topological polar surface area (TPSA) is 30.5 Å². The van der Waals surface area contributed by atoms with E-state index in [1.807, 2.05) is 24.3 Å². The van der Waals surface area contributed by atoms with E-state index in [0.717, 1.165) is 10.6 Å². The maximum atomic E-state index is 5.93. The standard InChI is InChI=1S/C12H18ClNO2/c1-9(14-8-12(15-2)16-3)10-5-4-6-11(13)7-10/h4-7,9,12,14H,8H2,1-3H3/t9-/m0/s1. The molecule has 0 saturated heterocycles. The minimum Gasteiger partial charge on any atom is -0.355 e. The lowest BCUT2D eigenvalue weighted by Gasteiger charge is -2.19. The number of ether oxygens (including phenoxy) is 2. The lowest BCUT2D eigenvalue weighted by molar-refractivity contribution is -0.0997. The summed E-state index contributed by atoms with van der Waals surface area (Å²) in [6.45, 7) is 2.72. The van der Waals surface area contributed by atoms with Crippen molar-refractivity contribution in [3.8, 4) is 0 Å². The summed E-state index contributed by atoms with van der Waals surface area (Å²) >= 11 is 5.93. The third-order valence-corrected chi connectivity index (χ3v) is 2.70. The fourth-order valence-corrected chi connectivity index (χ4v) is 1.63. The first-order valence-electron chi connectivity index (χ1n) is 5.21. The lowest BCUT2D eigenvalue weighted by atomic mass is 10.1. The van der Waals surface area contributed by atoms with E-state index in [9.17, 15) is 0 Å². The van der Waals surface area contributed by atoms with Crippen LogP contribution in [0.25, 0.3) is 0 Å². The van der Waals surface area contributed by atoms with Crippen LogP contribution in [-0.4, -0.2) is 27.1 Å². The van der Waals surface area contributed by atoms with Crippen LogP contribution in [0.4, 0.5) is 0 Å². The first-order valence-corrected chi connectivity index (χ1v) is 5.59. The van der Waals surface area contributed by atoms with Crippen LogP contribution in [0.3, 0.4) is 0 Å². The van der Waals surface area contributed by atoms with Gasteiger partial charge >= 0.3 is 0 Å². The molecule has 0 aliphatic carbocycles. The summed E-state index contributed by atoms with van der Waals surface area (Å²) in [5.74, 6) is 0. The highest BCUT2D eigenvalue weighted by Crippen LogP contribution is 2.17. The quantitative estimate of drug-likeness (QED) is 0.780. The minimum absolute atomic E-state index is 0.214. The number of rotatable bonds is 6. The zero-order valence-corrected chi connectivity index (χ0v) is 10.6. The van der Waals surface area contributed by atoms with E-state index >= 15 is 0 Å². The number of halogens is 1. The predicted octanol–water partition coefficient (Wildman–Crippen LogP) is 2.61. The predicted molar refractivity (Wildman–Crippen MR) is 65.7 cm³/mol. The van der Waals surface area contributed by atoms with E-state index in [2.05, 4.69) is 12.2 Å². The molecule has 16 heavy (non-hydrogen) atoms. The van der Waals surface area contributed by atoms with Gasteiger partial charge in [-0.1, -0.05) is 23.7 Å². The van der Waals surface area contributed by atoms with Gasteiger partial charge in [0.1, 0.15) is 0 Å². The molecule has 3 nitrogen and oxygen atoms in total. The summed E-state index contributed by atoms with van der Waals surface area (Å²) in [5.41, 5.74) is 1.15. The van der Waals surface area contributed by atoms with Gasteiger partial charge in [0.05, 0.1) is 0 Å². The molecule has 0 aromatic heterocycles. The molecule has 1 N–H and O–H groups in total. The largest absolute Gasteiger partial charge is 0.355 e. The maximum Gasteiger partial charge on any atom is 0.169 e. The third-order valence-electron chi connectivity index (χ3n) is 2.47. The fraction of sp³-hybridized carbons (Fsp3) is 0.500. The Morgan fingerprint density at radius 3 is 2.56 bits per heavy atom. The molecule has 0 saturated carbocycles. The molecule has 0 radical (unpaired) electrons. The number of hydrogen-bond acceptors (Lipinski definition) is 3. The van der Waals surface area contributed by atoms with Gasteiger partial charge in [-0.2, -0.15) is 0 Å². The fourth-order valence-electron chi connectivity index (χ4n) is 1.43. The van der Waals surface area contributed by atoms with Crippen LogP contribution in [0.5, 0.6) is 0 Å². The van der Waals surface area contributed by atoms with Crippen molar-refractivity contribution in [2.75, 3.05) is 20.8 Å². The van der Waals surface area contributed by atoms with Crippen LogP contribution in [0, 0.1) is 0 Å². The highest BCUT2D eigenvalue weighted by atomic mass is 35.5. The van der Waals surface area contributed by atoms with Crippen molar-refractivity contribution in [1.82, 2.24) is 5.32 Å². The Balaban J connectivity index is 2.49. The van der Waals surface area contributed by atoms with Crippen molar-refractivity contribution >= 4 is 11.6 Å². The molecule has 0 amide bonds. The Morgan fingerprint density at radius 2 is 2.00 bits per heavy atom. The summed E-state index contributed by atoms with van der Waals surface area (Å²) in [5, 5.41) is 4.07. The molecule has 1 rings (SSSR count). The van der Waals surface area contributed by atoms with Crippen LogP contribution < -0.4 is 5.32 Å². The first kappa shape index (κ1) is 13.5. The number of methoxy groups -OCH3 is 2. The number of hydrogen-bond donors (Lipinski definition) is 1. The van der Waals surface area contributed by atoms with E-state index < -0.39 is 0 Å². The molecule has 1 aromatic rings. The highest BCUT2D eigenvalue weighted by molar-refractivity contribution is 6.30. The molecular formula is C12H18ClNO2. The molecule has 90 valence electrons. The summed E-state index contributed by atoms with van der Waals surface area (Å²) < 4.78 is 10.2. The van der Waals surface area contributed by atoms with E-state index in [0.29, 0.717) is 6.54 Å². The second-order valence-electron chi connectivity index (χ2n) is 3.59. The van der Waals surface area contributed by atoms with Gasteiger partial charge in [0, 0.05) is 31.8 Å². The monoisotopic (exact) mass is 243 g/mol. The van der Waals surface area contributed by atoms with Crippen molar-refractivity contribution in [2.45, 2.75) is 19.3 Å². The van der Waals surface area contributed by atoms with Crippen LogP contribution in [0.15, 0.2) is 24.3 Å². The maximum absolute atomic E-state index is 5.93. The van der Waals surface area contributed by atoms with Crippen molar-refractivity contribution in [1.29, 1.82) is 0 Å². The molecule has 1 aromatic carbocycles. The molecule has 0 unspecified atom stereocenters. The van der Waals surface area contributed by atoms with Gasteiger partial charge < -0.3 is 14.8 Å². The van der Waals surface area contributed by atoms with Crippen LogP contribution >= 0.6 is 11.6 Å². The van der Waals surface area contributed by atoms with Crippen molar-refractivity contribution in [3.05, 3.63) is 34.9 Å². The van der Waals surface area contributed by atoms with Gasteiger partial charge in [-0.25, -0.2) is 0 Å². The Morgan fingerprint density at radius 1 is 1.31 bits per heavy atom. The molecule has 0 bridgehead atoms. The lowest BCUT2D eigenvalue weighted by Crippen LogP contribution is -2.31. The molecule has 0 aliphatic rings. The molecule has 0 heterocycles. The van der Waals surface area contributed by atoms with Crippen LogP contribution in [0.2, 0.25) is 5.02 Å². The average Bonchev–Trinajstić information content (AvgIpc) is 2.30. The normalized spacial score (nSPS) is 13.1. The van der Waals surface area contributed by atoms with E-state index in [1.54, 1.807) is 14.2 Å².